The number of para-hydroxylation sites is 1. The van der Waals surface area contributed by atoms with Crippen LogP contribution in [0.1, 0.15) is 11.5 Å². The number of ether oxygens (including phenoxy) is 1. The molecular weight excluding hydrogens is 309 g/mol. The van der Waals surface area contributed by atoms with Gasteiger partial charge < -0.3 is 10.1 Å². The first kappa shape index (κ1) is 12.5. The Morgan fingerprint density at radius 3 is 2.95 bits per heavy atom. The van der Waals surface area contributed by atoms with Crippen LogP contribution in [0.25, 0.3) is 0 Å². The molecule has 1 aliphatic heterocycles. The molecule has 0 spiro atoms. The Morgan fingerprint density at radius 2 is 2.11 bits per heavy atom. The zero-order valence-electron chi connectivity index (χ0n) is 10.2. The van der Waals surface area contributed by atoms with Gasteiger partial charge in [-0.2, -0.15) is 0 Å². The fourth-order valence-corrected chi connectivity index (χ4v) is 2.60. The SMILES string of the molecule is Fc1cc(Br)ccc1NCC1COc2ccccc21. The lowest BCUT2D eigenvalue weighted by atomic mass is 10.0. The van der Waals surface area contributed by atoms with Crippen LogP contribution in [0.4, 0.5) is 10.1 Å². The zero-order chi connectivity index (χ0) is 13.2. The van der Waals surface area contributed by atoms with Crippen molar-refractivity contribution in [2.24, 2.45) is 0 Å². The van der Waals surface area contributed by atoms with Crippen LogP contribution >= 0.6 is 15.9 Å². The molecule has 19 heavy (non-hydrogen) atoms. The maximum absolute atomic E-state index is 13.7. The van der Waals surface area contributed by atoms with Gasteiger partial charge in [-0.1, -0.05) is 34.1 Å². The molecule has 1 N–H and O–H groups in total. The average molecular weight is 322 g/mol. The normalized spacial score (nSPS) is 16.8. The van der Waals surface area contributed by atoms with E-state index in [1.165, 1.54) is 11.6 Å². The number of fused-ring (bicyclic) bond motifs is 1. The van der Waals surface area contributed by atoms with Gasteiger partial charge in [0.1, 0.15) is 11.6 Å². The molecule has 0 saturated carbocycles. The first-order valence-electron chi connectivity index (χ1n) is 6.14. The van der Waals surface area contributed by atoms with E-state index in [1.807, 2.05) is 24.3 Å². The van der Waals surface area contributed by atoms with Crippen LogP contribution in [0.5, 0.6) is 5.75 Å². The second kappa shape index (κ2) is 5.21. The van der Waals surface area contributed by atoms with Crippen LogP contribution in [0.2, 0.25) is 0 Å². The molecule has 0 aromatic heterocycles. The predicted molar refractivity (Wildman–Crippen MR) is 77.3 cm³/mol. The van der Waals surface area contributed by atoms with Crippen molar-refractivity contribution < 1.29 is 9.13 Å². The summed E-state index contributed by atoms with van der Waals surface area (Å²) < 4.78 is 20.0. The van der Waals surface area contributed by atoms with Gasteiger partial charge >= 0.3 is 0 Å². The van der Waals surface area contributed by atoms with Gasteiger partial charge in [-0.3, -0.25) is 0 Å². The van der Waals surface area contributed by atoms with E-state index in [1.54, 1.807) is 6.07 Å². The van der Waals surface area contributed by atoms with Crippen molar-refractivity contribution >= 4 is 21.6 Å². The van der Waals surface area contributed by atoms with Gasteiger partial charge in [-0.05, 0) is 24.3 Å². The largest absolute Gasteiger partial charge is 0.493 e. The topological polar surface area (TPSA) is 21.3 Å². The van der Waals surface area contributed by atoms with Crippen LogP contribution < -0.4 is 10.1 Å². The summed E-state index contributed by atoms with van der Waals surface area (Å²) in [5, 5.41) is 3.15. The summed E-state index contributed by atoms with van der Waals surface area (Å²) in [5.74, 6) is 0.950. The lowest BCUT2D eigenvalue weighted by molar-refractivity contribution is 0.334. The van der Waals surface area contributed by atoms with Crippen LogP contribution in [-0.4, -0.2) is 13.2 Å². The quantitative estimate of drug-likeness (QED) is 0.915. The molecule has 1 heterocycles. The number of rotatable bonds is 3. The van der Waals surface area contributed by atoms with Gasteiger partial charge in [0.15, 0.2) is 0 Å². The fourth-order valence-electron chi connectivity index (χ4n) is 2.26. The van der Waals surface area contributed by atoms with Crippen LogP contribution in [-0.2, 0) is 0 Å². The number of hydrogen-bond acceptors (Lipinski definition) is 2. The number of nitrogens with one attached hydrogen (secondary N) is 1. The average Bonchev–Trinajstić information content (AvgIpc) is 2.81. The summed E-state index contributed by atoms with van der Waals surface area (Å²) >= 11 is 3.25. The second-order valence-corrected chi connectivity index (χ2v) is 5.47. The summed E-state index contributed by atoms with van der Waals surface area (Å²) in [6.45, 7) is 1.31. The molecule has 98 valence electrons. The van der Waals surface area contributed by atoms with Gasteiger partial charge in [-0.15, -0.1) is 0 Å². The molecule has 4 heteroatoms. The summed E-state index contributed by atoms with van der Waals surface area (Å²) in [7, 11) is 0. The van der Waals surface area contributed by atoms with Gasteiger partial charge in [0.25, 0.3) is 0 Å². The first-order valence-corrected chi connectivity index (χ1v) is 6.94. The number of anilines is 1. The molecule has 1 aliphatic rings. The first-order chi connectivity index (χ1) is 9.24. The summed E-state index contributed by atoms with van der Waals surface area (Å²) in [6.07, 6.45) is 0. The Hall–Kier alpha value is -1.55. The molecule has 0 bridgehead atoms. The van der Waals surface area contributed by atoms with Gasteiger partial charge in [0, 0.05) is 22.5 Å². The van der Waals surface area contributed by atoms with Crippen molar-refractivity contribution in [2.75, 3.05) is 18.5 Å². The Labute approximate surface area is 119 Å². The molecule has 1 unspecified atom stereocenters. The van der Waals surface area contributed by atoms with Crippen molar-refractivity contribution in [3.8, 4) is 5.75 Å². The molecule has 0 amide bonds. The minimum Gasteiger partial charge on any atom is -0.493 e. The highest BCUT2D eigenvalue weighted by Crippen LogP contribution is 2.33. The Morgan fingerprint density at radius 1 is 1.26 bits per heavy atom. The monoisotopic (exact) mass is 321 g/mol. The van der Waals surface area contributed by atoms with Crippen LogP contribution in [0.3, 0.4) is 0 Å². The van der Waals surface area contributed by atoms with E-state index in [2.05, 4.69) is 27.3 Å². The van der Waals surface area contributed by atoms with E-state index in [-0.39, 0.29) is 11.7 Å². The van der Waals surface area contributed by atoms with Gasteiger partial charge in [0.2, 0.25) is 0 Å². The molecule has 2 aromatic carbocycles. The fraction of sp³-hybridized carbons (Fsp3) is 0.200. The zero-order valence-corrected chi connectivity index (χ0v) is 11.8. The highest BCUT2D eigenvalue weighted by Gasteiger charge is 2.23. The molecule has 0 fully saturated rings. The number of benzene rings is 2. The van der Waals surface area contributed by atoms with E-state index >= 15 is 0 Å². The van der Waals surface area contributed by atoms with E-state index in [9.17, 15) is 4.39 Å². The van der Waals surface area contributed by atoms with E-state index in [4.69, 9.17) is 4.74 Å². The molecular formula is C15H13BrFNO. The Kier molecular flexibility index (Phi) is 3.42. The maximum Gasteiger partial charge on any atom is 0.147 e. The smallest absolute Gasteiger partial charge is 0.147 e. The molecule has 3 rings (SSSR count). The molecule has 0 saturated heterocycles. The number of hydrogen-bond donors (Lipinski definition) is 1. The number of halogens is 2. The lowest BCUT2D eigenvalue weighted by Gasteiger charge is -2.12. The maximum atomic E-state index is 13.7. The van der Waals surface area contributed by atoms with E-state index < -0.39 is 0 Å². The summed E-state index contributed by atoms with van der Waals surface area (Å²) in [5.41, 5.74) is 1.71. The van der Waals surface area contributed by atoms with Crippen molar-refractivity contribution in [1.29, 1.82) is 0 Å². The lowest BCUT2D eigenvalue weighted by Crippen LogP contribution is -2.14. The second-order valence-electron chi connectivity index (χ2n) is 4.55. The summed E-state index contributed by atoms with van der Waals surface area (Å²) in [6, 6.07) is 13.0. The third-order valence-electron chi connectivity index (χ3n) is 3.27. The van der Waals surface area contributed by atoms with Crippen LogP contribution in [0, 0.1) is 5.82 Å². The summed E-state index contributed by atoms with van der Waals surface area (Å²) in [4.78, 5) is 0. The van der Waals surface area contributed by atoms with Crippen molar-refractivity contribution in [2.45, 2.75) is 5.92 Å². The minimum absolute atomic E-state index is 0.249. The Balaban J connectivity index is 1.71. The molecule has 0 radical (unpaired) electrons. The highest BCUT2D eigenvalue weighted by atomic mass is 79.9. The molecule has 2 nitrogen and oxygen atoms in total. The minimum atomic E-state index is -0.249. The predicted octanol–water partition coefficient (Wildman–Crippen LogP) is 4.18. The Bertz CT molecular complexity index is 602. The van der Waals surface area contributed by atoms with Crippen molar-refractivity contribution in [1.82, 2.24) is 0 Å². The molecule has 1 atom stereocenters. The van der Waals surface area contributed by atoms with Gasteiger partial charge in [0.05, 0.1) is 12.3 Å². The standard InChI is InChI=1S/C15H13BrFNO/c16-11-5-6-14(13(17)7-11)18-8-10-9-19-15-4-2-1-3-12(10)15/h1-7,10,18H,8-9H2. The third-order valence-corrected chi connectivity index (χ3v) is 3.76. The molecule has 0 aliphatic carbocycles. The van der Waals surface area contributed by atoms with Crippen molar-refractivity contribution in [3.63, 3.8) is 0 Å². The van der Waals surface area contributed by atoms with E-state index in [0.717, 1.165) is 10.2 Å². The van der Waals surface area contributed by atoms with Crippen LogP contribution in [0.15, 0.2) is 46.9 Å². The van der Waals surface area contributed by atoms with Gasteiger partial charge in [-0.25, -0.2) is 4.39 Å². The van der Waals surface area contributed by atoms with E-state index in [0.29, 0.717) is 18.8 Å². The molecule has 2 aromatic rings. The highest BCUT2D eigenvalue weighted by molar-refractivity contribution is 9.10. The van der Waals surface area contributed by atoms with Crippen molar-refractivity contribution in [3.05, 3.63) is 58.3 Å². The third kappa shape index (κ3) is 2.59.